The van der Waals surface area contributed by atoms with Crippen molar-refractivity contribution in [3.8, 4) is 0 Å². The molecule has 0 aliphatic carbocycles. The van der Waals surface area contributed by atoms with Gasteiger partial charge in [0.25, 0.3) is 0 Å². The highest BCUT2D eigenvalue weighted by Crippen LogP contribution is 2.27. The fourth-order valence-electron chi connectivity index (χ4n) is 2.91. The molecule has 0 radical (unpaired) electrons. The Morgan fingerprint density at radius 3 is 3.12 bits per heavy atom. The van der Waals surface area contributed by atoms with Gasteiger partial charge in [-0.3, -0.25) is 4.68 Å². The minimum atomic E-state index is 0.669. The van der Waals surface area contributed by atoms with Crippen molar-refractivity contribution in [2.45, 2.75) is 25.4 Å². The minimum Gasteiger partial charge on any atom is -0.307 e. The summed E-state index contributed by atoms with van der Waals surface area (Å²) in [5, 5.41) is 7.90. The van der Waals surface area contributed by atoms with Crippen LogP contribution in [0.4, 0.5) is 0 Å². The molecule has 0 spiro atoms. The van der Waals surface area contributed by atoms with E-state index in [4.69, 9.17) is 0 Å². The molecule has 5 nitrogen and oxygen atoms in total. The van der Waals surface area contributed by atoms with E-state index in [1.165, 1.54) is 32.5 Å². The van der Waals surface area contributed by atoms with Crippen molar-refractivity contribution >= 4 is 0 Å². The van der Waals surface area contributed by atoms with Gasteiger partial charge in [-0.15, -0.1) is 0 Å². The fourth-order valence-corrected chi connectivity index (χ4v) is 2.91. The Kier molecular flexibility index (Phi) is 2.65. The van der Waals surface area contributed by atoms with Gasteiger partial charge in [-0.25, -0.2) is 4.98 Å². The van der Waals surface area contributed by atoms with E-state index in [0.717, 1.165) is 18.3 Å². The van der Waals surface area contributed by atoms with Crippen LogP contribution in [0.25, 0.3) is 0 Å². The second kappa shape index (κ2) is 4.14. The van der Waals surface area contributed by atoms with Gasteiger partial charge in [-0.1, -0.05) is 0 Å². The van der Waals surface area contributed by atoms with E-state index in [1.54, 1.807) is 11.0 Å². The van der Waals surface area contributed by atoms with Crippen LogP contribution in [-0.2, 0) is 13.6 Å². The third-order valence-corrected chi connectivity index (χ3v) is 3.80. The monoisotopic (exact) mass is 221 g/mol. The molecule has 0 amide bonds. The topological polar surface area (TPSA) is 46.0 Å². The number of piperidine rings is 1. The molecule has 1 aromatic heterocycles. The summed E-state index contributed by atoms with van der Waals surface area (Å²) in [6.45, 7) is 4.64. The molecule has 0 saturated carbocycles. The minimum absolute atomic E-state index is 0.669. The Balaban J connectivity index is 1.55. The fraction of sp³-hybridized carbons (Fsp3) is 0.818. The van der Waals surface area contributed by atoms with E-state index >= 15 is 0 Å². The lowest BCUT2D eigenvalue weighted by atomic mass is 9.94. The second-order valence-electron chi connectivity index (χ2n) is 4.96. The van der Waals surface area contributed by atoms with Crippen LogP contribution in [0.1, 0.15) is 18.7 Å². The molecular formula is C11H19N5. The largest absolute Gasteiger partial charge is 0.307 e. The molecule has 1 aromatic rings. The lowest BCUT2D eigenvalue weighted by Crippen LogP contribution is -2.43. The van der Waals surface area contributed by atoms with Crippen LogP contribution in [0.3, 0.4) is 0 Å². The molecule has 1 N–H and O–H groups in total. The van der Waals surface area contributed by atoms with Gasteiger partial charge in [0, 0.05) is 19.6 Å². The summed E-state index contributed by atoms with van der Waals surface area (Å²) in [4.78, 5) is 6.81. The summed E-state index contributed by atoms with van der Waals surface area (Å²) in [5.74, 6) is 1.75. The first kappa shape index (κ1) is 10.2. The quantitative estimate of drug-likeness (QED) is 0.780. The van der Waals surface area contributed by atoms with Gasteiger partial charge in [0.15, 0.2) is 5.82 Å². The van der Waals surface area contributed by atoms with Crippen molar-refractivity contribution in [2.24, 2.45) is 13.0 Å². The maximum atomic E-state index is 4.29. The van der Waals surface area contributed by atoms with Gasteiger partial charge in [-0.05, 0) is 31.8 Å². The third-order valence-electron chi connectivity index (χ3n) is 3.80. The Labute approximate surface area is 95.8 Å². The molecule has 2 fully saturated rings. The smallest absolute Gasteiger partial charge is 0.164 e. The van der Waals surface area contributed by atoms with Crippen LogP contribution in [-0.4, -0.2) is 45.3 Å². The van der Waals surface area contributed by atoms with E-state index in [9.17, 15) is 0 Å². The van der Waals surface area contributed by atoms with Crippen molar-refractivity contribution in [1.82, 2.24) is 25.0 Å². The number of aromatic nitrogens is 3. The van der Waals surface area contributed by atoms with Gasteiger partial charge in [0.05, 0.1) is 6.54 Å². The molecule has 2 aliphatic rings. The highest BCUT2D eigenvalue weighted by atomic mass is 15.3. The third kappa shape index (κ3) is 1.97. The maximum Gasteiger partial charge on any atom is 0.164 e. The molecule has 2 aliphatic heterocycles. The van der Waals surface area contributed by atoms with E-state index in [1.807, 2.05) is 7.05 Å². The summed E-state index contributed by atoms with van der Waals surface area (Å²) >= 11 is 0. The molecule has 3 atom stereocenters. The predicted molar refractivity (Wildman–Crippen MR) is 60.8 cm³/mol. The first-order valence-corrected chi connectivity index (χ1v) is 6.11. The van der Waals surface area contributed by atoms with Crippen molar-refractivity contribution in [3.63, 3.8) is 0 Å². The number of fused-ring (bicyclic) bond motifs is 2. The van der Waals surface area contributed by atoms with Gasteiger partial charge in [-0.2, -0.15) is 5.10 Å². The number of aryl methyl sites for hydroxylation is 1. The molecule has 3 rings (SSSR count). The lowest BCUT2D eigenvalue weighted by molar-refractivity contribution is 0.219. The number of hydrogen-bond acceptors (Lipinski definition) is 4. The van der Waals surface area contributed by atoms with Crippen LogP contribution in [0.5, 0.6) is 0 Å². The van der Waals surface area contributed by atoms with Crippen molar-refractivity contribution in [3.05, 3.63) is 12.2 Å². The summed E-state index contributed by atoms with van der Waals surface area (Å²) < 4.78 is 1.76. The second-order valence-corrected chi connectivity index (χ2v) is 4.96. The molecule has 2 bridgehead atoms. The Morgan fingerprint density at radius 2 is 2.31 bits per heavy atom. The Bertz CT molecular complexity index is 361. The highest BCUT2D eigenvalue weighted by molar-refractivity contribution is 4.92. The maximum absolute atomic E-state index is 4.29. The SMILES string of the molecule is Cn1cnc(CNC2CCN3CCC2C3)n1. The molecule has 5 heteroatoms. The summed E-state index contributed by atoms with van der Waals surface area (Å²) in [6.07, 6.45) is 4.39. The summed E-state index contributed by atoms with van der Waals surface area (Å²) in [7, 11) is 1.91. The van der Waals surface area contributed by atoms with Gasteiger partial charge >= 0.3 is 0 Å². The van der Waals surface area contributed by atoms with Crippen molar-refractivity contribution in [2.75, 3.05) is 19.6 Å². The molecule has 88 valence electrons. The molecule has 3 unspecified atom stereocenters. The molecular weight excluding hydrogens is 202 g/mol. The van der Waals surface area contributed by atoms with Crippen molar-refractivity contribution < 1.29 is 0 Å². The molecule has 16 heavy (non-hydrogen) atoms. The van der Waals surface area contributed by atoms with Crippen LogP contribution >= 0.6 is 0 Å². The summed E-state index contributed by atoms with van der Waals surface area (Å²) in [6, 6.07) is 0.669. The predicted octanol–water partition coefficient (Wildman–Crippen LogP) is -0.00110. The summed E-state index contributed by atoms with van der Waals surface area (Å²) in [5.41, 5.74) is 0. The van der Waals surface area contributed by atoms with Crippen LogP contribution < -0.4 is 5.32 Å². The standard InChI is InChI=1S/C11H19N5/c1-15-8-13-11(14-15)6-12-10-3-5-16-4-2-9(10)7-16/h8-10,12H,2-7H2,1H3. The van der Waals surface area contributed by atoms with Crippen LogP contribution in [0, 0.1) is 5.92 Å². The normalized spacial score (nSPS) is 33.2. The number of rotatable bonds is 3. The first-order valence-electron chi connectivity index (χ1n) is 6.11. The van der Waals surface area contributed by atoms with Crippen molar-refractivity contribution in [1.29, 1.82) is 0 Å². The highest BCUT2D eigenvalue weighted by Gasteiger charge is 2.33. The average Bonchev–Trinajstić information content (AvgIpc) is 2.86. The van der Waals surface area contributed by atoms with E-state index in [-0.39, 0.29) is 0 Å². The Morgan fingerprint density at radius 1 is 1.44 bits per heavy atom. The van der Waals surface area contributed by atoms with E-state index in [2.05, 4.69) is 20.3 Å². The van der Waals surface area contributed by atoms with E-state index in [0.29, 0.717) is 6.04 Å². The Hall–Kier alpha value is -0.940. The average molecular weight is 221 g/mol. The zero-order valence-corrected chi connectivity index (χ0v) is 9.76. The lowest BCUT2D eigenvalue weighted by Gasteiger charge is -2.30. The van der Waals surface area contributed by atoms with Gasteiger partial charge in [0.1, 0.15) is 6.33 Å². The van der Waals surface area contributed by atoms with E-state index < -0.39 is 0 Å². The number of nitrogens with zero attached hydrogens (tertiary/aromatic N) is 4. The van der Waals surface area contributed by atoms with Crippen LogP contribution in [0.15, 0.2) is 6.33 Å². The number of hydrogen-bond donors (Lipinski definition) is 1. The number of nitrogens with one attached hydrogen (secondary N) is 1. The zero-order chi connectivity index (χ0) is 11.0. The van der Waals surface area contributed by atoms with Crippen LogP contribution in [0.2, 0.25) is 0 Å². The van der Waals surface area contributed by atoms with Gasteiger partial charge < -0.3 is 10.2 Å². The first-order chi connectivity index (χ1) is 7.81. The van der Waals surface area contributed by atoms with Gasteiger partial charge in [0.2, 0.25) is 0 Å². The molecule has 3 heterocycles. The zero-order valence-electron chi connectivity index (χ0n) is 9.76. The molecule has 0 aromatic carbocycles. The molecule has 2 saturated heterocycles.